The van der Waals surface area contributed by atoms with Crippen LogP contribution >= 0.6 is 11.8 Å². The van der Waals surface area contributed by atoms with Crippen molar-refractivity contribution in [2.45, 2.75) is 24.3 Å². The molecule has 1 aromatic carbocycles. The highest BCUT2D eigenvalue weighted by molar-refractivity contribution is 7.98. The van der Waals surface area contributed by atoms with Gasteiger partial charge in [-0.15, -0.1) is 5.10 Å². The summed E-state index contributed by atoms with van der Waals surface area (Å²) >= 11 is 1.47. The zero-order valence-electron chi connectivity index (χ0n) is 10.8. The maximum absolute atomic E-state index is 5.07. The molecular formula is C12H12N6OS. The summed E-state index contributed by atoms with van der Waals surface area (Å²) in [5.41, 5.74) is 0.919. The monoisotopic (exact) mass is 288 g/mol. The predicted octanol–water partition coefficient (Wildman–Crippen LogP) is 1.90. The van der Waals surface area contributed by atoms with Gasteiger partial charge in [0.05, 0.1) is 11.4 Å². The van der Waals surface area contributed by atoms with Crippen molar-refractivity contribution in [2.75, 3.05) is 0 Å². The molecule has 0 saturated heterocycles. The molecule has 0 bridgehead atoms. The van der Waals surface area contributed by atoms with Crippen LogP contribution in [0.1, 0.15) is 18.6 Å². The van der Waals surface area contributed by atoms with E-state index in [4.69, 9.17) is 4.52 Å². The Morgan fingerprint density at radius 1 is 1.25 bits per heavy atom. The van der Waals surface area contributed by atoms with Gasteiger partial charge < -0.3 is 4.52 Å². The van der Waals surface area contributed by atoms with Gasteiger partial charge in [0.1, 0.15) is 0 Å². The van der Waals surface area contributed by atoms with E-state index in [1.165, 1.54) is 11.8 Å². The lowest BCUT2D eigenvalue weighted by atomic mass is 10.3. The first kappa shape index (κ1) is 12.8. The number of thioether (sulfide) groups is 1. The molecule has 0 aliphatic heterocycles. The topological polar surface area (TPSA) is 82.5 Å². The number of para-hydroxylation sites is 1. The van der Waals surface area contributed by atoms with E-state index in [1.54, 1.807) is 4.68 Å². The van der Waals surface area contributed by atoms with Crippen molar-refractivity contribution in [3.05, 3.63) is 42.0 Å². The average molecular weight is 288 g/mol. The summed E-state index contributed by atoms with van der Waals surface area (Å²) in [6.07, 6.45) is 0.736. The molecule has 7 nitrogen and oxygen atoms in total. The van der Waals surface area contributed by atoms with Crippen LogP contribution in [0.25, 0.3) is 5.69 Å². The molecule has 0 amide bonds. The molecule has 2 heterocycles. The van der Waals surface area contributed by atoms with Gasteiger partial charge in [0.2, 0.25) is 11.0 Å². The Balaban J connectivity index is 1.74. The molecule has 0 fully saturated rings. The van der Waals surface area contributed by atoms with Crippen molar-refractivity contribution in [3.63, 3.8) is 0 Å². The van der Waals surface area contributed by atoms with Gasteiger partial charge in [0.15, 0.2) is 5.82 Å². The molecule has 102 valence electrons. The highest BCUT2D eigenvalue weighted by atomic mass is 32.2. The SMILES string of the molecule is CCc1nc(CSc2nnnn2-c2ccccc2)no1. The van der Waals surface area contributed by atoms with Crippen LogP contribution in [0, 0.1) is 0 Å². The quantitative estimate of drug-likeness (QED) is 0.663. The first-order chi connectivity index (χ1) is 9.86. The Bertz CT molecular complexity index is 680. The fourth-order valence-electron chi connectivity index (χ4n) is 1.62. The number of benzene rings is 1. The molecule has 3 rings (SSSR count). The third kappa shape index (κ3) is 2.69. The Morgan fingerprint density at radius 3 is 2.85 bits per heavy atom. The molecule has 20 heavy (non-hydrogen) atoms. The number of hydrogen-bond donors (Lipinski definition) is 0. The minimum absolute atomic E-state index is 0.566. The molecule has 0 radical (unpaired) electrons. The van der Waals surface area contributed by atoms with Crippen LogP contribution in [0.3, 0.4) is 0 Å². The number of nitrogens with zero attached hydrogens (tertiary/aromatic N) is 6. The van der Waals surface area contributed by atoms with Gasteiger partial charge in [-0.2, -0.15) is 9.67 Å². The van der Waals surface area contributed by atoms with Crippen molar-refractivity contribution >= 4 is 11.8 Å². The molecule has 8 heteroatoms. The number of hydrogen-bond acceptors (Lipinski definition) is 7. The summed E-state index contributed by atoms with van der Waals surface area (Å²) in [6, 6.07) is 9.73. The van der Waals surface area contributed by atoms with Crippen LogP contribution in [-0.2, 0) is 12.2 Å². The van der Waals surface area contributed by atoms with Crippen molar-refractivity contribution in [1.29, 1.82) is 0 Å². The lowest BCUT2D eigenvalue weighted by Crippen LogP contribution is -1.98. The summed E-state index contributed by atoms with van der Waals surface area (Å²) in [6.45, 7) is 1.97. The Morgan fingerprint density at radius 2 is 2.10 bits per heavy atom. The van der Waals surface area contributed by atoms with Crippen molar-refractivity contribution in [3.8, 4) is 5.69 Å². The lowest BCUT2D eigenvalue weighted by Gasteiger charge is -2.02. The van der Waals surface area contributed by atoms with E-state index in [0.717, 1.165) is 12.1 Å². The molecule has 0 N–H and O–H groups in total. The Kier molecular flexibility index (Phi) is 3.73. The molecular weight excluding hydrogens is 276 g/mol. The second-order valence-electron chi connectivity index (χ2n) is 3.96. The van der Waals surface area contributed by atoms with Gasteiger partial charge >= 0.3 is 0 Å². The highest BCUT2D eigenvalue weighted by Crippen LogP contribution is 2.21. The van der Waals surface area contributed by atoms with Gasteiger partial charge in [0, 0.05) is 6.42 Å². The molecule has 3 aromatic rings. The molecule has 0 spiro atoms. The van der Waals surface area contributed by atoms with Crippen LogP contribution in [-0.4, -0.2) is 30.3 Å². The summed E-state index contributed by atoms with van der Waals surface area (Å²) in [4.78, 5) is 4.25. The Labute approximate surface area is 119 Å². The molecule has 0 unspecified atom stereocenters. The highest BCUT2D eigenvalue weighted by Gasteiger charge is 2.11. The van der Waals surface area contributed by atoms with Gasteiger partial charge in [-0.1, -0.05) is 42.0 Å². The summed E-state index contributed by atoms with van der Waals surface area (Å²) in [7, 11) is 0. The standard InChI is InChI=1S/C12H12N6OS/c1-2-11-13-10(15-19-11)8-20-12-14-16-17-18(12)9-6-4-3-5-7-9/h3-7H,2,8H2,1H3. The maximum atomic E-state index is 5.07. The minimum atomic E-state index is 0.566. The molecule has 2 aromatic heterocycles. The summed E-state index contributed by atoms with van der Waals surface area (Å²) < 4.78 is 6.75. The van der Waals surface area contributed by atoms with Gasteiger partial charge in [0.25, 0.3) is 0 Å². The van der Waals surface area contributed by atoms with Crippen LogP contribution in [0.15, 0.2) is 40.0 Å². The van der Waals surface area contributed by atoms with E-state index in [9.17, 15) is 0 Å². The van der Waals surface area contributed by atoms with E-state index in [0.29, 0.717) is 22.6 Å². The van der Waals surface area contributed by atoms with E-state index in [2.05, 4.69) is 25.7 Å². The Hall–Kier alpha value is -2.22. The zero-order valence-corrected chi connectivity index (χ0v) is 11.6. The fourth-order valence-corrected chi connectivity index (χ4v) is 2.36. The van der Waals surface area contributed by atoms with E-state index >= 15 is 0 Å². The molecule has 0 atom stereocenters. The normalized spacial score (nSPS) is 10.8. The second kappa shape index (κ2) is 5.83. The van der Waals surface area contributed by atoms with Gasteiger partial charge in [-0.3, -0.25) is 0 Å². The van der Waals surface area contributed by atoms with Gasteiger partial charge in [-0.25, -0.2) is 0 Å². The average Bonchev–Trinajstić information content (AvgIpc) is 3.15. The van der Waals surface area contributed by atoms with Crippen molar-refractivity contribution in [2.24, 2.45) is 0 Å². The minimum Gasteiger partial charge on any atom is -0.339 e. The van der Waals surface area contributed by atoms with Crippen molar-refractivity contribution < 1.29 is 4.52 Å². The lowest BCUT2D eigenvalue weighted by molar-refractivity contribution is 0.378. The fraction of sp³-hybridized carbons (Fsp3) is 0.250. The van der Waals surface area contributed by atoms with Crippen LogP contribution in [0.5, 0.6) is 0 Å². The van der Waals surface area contributed by atoms with Crippen LogP contribution in [0.4, 0.5) is 0 Å². The van der Waals surface area contributed by atoms with E-state index in [-0.39, 0.29) is 0 Å². The number of aromatic nitrogens is 6. The zero-order chi connectivity index (χ0) is 13.8. The van der Waals surface area contributed by atoms with Gasteiger partial charge in [-0.05, 0) is 22.6 Å². The third-order valence-electron chi connectivity index (χ3n) is 2.58. The number of aryl methyl sites for hydroxylation is 1. The maximum Gasteiger partial charge on any atom is 0.226 e. The smallest absolute Gasteiger partial charge is 0.226 e. The first-order valence-electron chi connectivity index (χ1n) is 6.15. The molecule has 0 saturated carbocycles. The summed E-state index contributed by atoms with van der Waals surface area (Å²) in [5.74, 6) is 1.86. The second-order valence-corrected chi connectivity index (χ2v) is 4.90. The van der Waals surface area contributed by atoms with Crippen LogP contribution in [0.2, 0.25) is 0 Å². The first-order valence-corrected chi connectivity index (χ1v) is 7.13. The van der Waals surface area contributed by atoms with Crippen molar-refractivity contribution in [1.82, 2.24) is 30.3 Å². The summed E-state index contributed by atoms with van der Waals surface area (Å²) in [5, 5.41) is 16.3. The largest absolute Gasteiger partial charge is 0.339 e. The molecule has 0 aliphatic rings. The molecule has 0 aliphatic carbocycles. The van der Waals surface area contributed by atoms with Crippen LogP contribution < -0.4 is 0 Å². The predicted molar refractivity (Wildman–Crippen MR) is 72.4 cm³/mol. The number of rotatable bonds is 5. The van der Waals surface area contributed by atoms with E-state index < -0.39 is 0 Å². The van der Waals surface area contributed by atoms with E-state index in [1.807, 2.05) is 37.3 Å². The third-order valence-corrected chi connectivity index (χ3v) is 3.50. The number of tetrazole rings is 1.